The fourth-order valence-electron chi connectivity index (χ4n) is 2.92. The van der Waals surface area contributed by atoms with E-state index < -0.39 is 44.7 Å². The van der Waals surface area contributed by atoms with Gasteiger partial charge in [-0.2, -0.15) is 13.2 Å². The minimum Gasteiger partial charge on any atom is -0.370 e. The molecule has 1 heterocycles. The molecule has 0 amide bonds. The zero-order valence-electron chi connectivity index (χ0n) is 14.8. The van der Waals surface area contributed by atoms with Gasteiger partial charge < -0.3 is 10.2 Å². The van der Waals surface area contributed by atoms with Crippen molar-refractivity contribution in [1.29, 1.82) is 0 Å². The number of benzene rings is 1. The molecule has 1 fully saturated rings. The van der Waals surface area contributed by atoms with Crippen LogP contribution in [0.5, 0.6) is 0 Å². The lowest BCUT2D eigenvalue weighted by Crippen LogP contribution is -2.47. The predicted octanol–water partition coefficient (Wildman–Crippen LogP) is 2.57. The summed E-state index contributed by atoms with van der Waals surface area (Å²) in [5.74, 6) is 0. The molecule has 2 rings (SSSR count). The van der Waals surface area contributed by atoms with Crippen LogP contribution in [0.2, 0.25) is 0 Å². The Bertz CT molecular complexity index is 685. The quantitative estimate of drug-likeness (QED) is 0.587. The van der Waals surface area contributed by atoms with Gasteiger partial charge in [-0.05, 0) is 14.0 Å². The van der Waals surface area contributed by atoms with E-state index in [4.69, 9.17) is 0 Å². The molecular formula is C15H20F3N5O4. The van der Waals surface area contributed by atoms with E-state index in [1.807, 2.05) is 7.05 Å². The van der Waals surface area contributed by atoms with Crippen molar-refractivity contribution >= 4 is 17.1 Å². The number of nitro benzene ring substituents is 2. The molecule has 0 aliphatic carbocycles. The first-order valence-electron chi connectivity index (χ1n) is 8.20. The van der Waals surface area contributed by atoms with Gasteiger partial charge in [0.05, 0.1) is 15.4 Å². The van der Waals surface area contributed by atoms with Crippen LogP contribution in [0, 0.1) is 20.2 Å². The number of anilines is 1. The Morgan fingerprint density at radius 2 is 1.59 bits per heavy atom. The molecule has 0 spiro atoms. The van der Waals surface area contributed by atoms with Gasteiger partial charge in [0.15, 0.2) is 5.69 Å². The topological polar surface area (TPSA) is 105 Å². The van der Waals surface area contributed by atoms with Crippen molar-refractivity contribution in [2.24, 2.45) is 0 Å². The Labute approximate surface area is 153 Å². The number of halogens is 3. The van der Waals surface area contributed by atoms with Crippen LogP contribution in [0.4, 0.5) is 30.2 Å². The minimum atomic E-state index is -4.93. The molecule has 0 radical (unpaired) electrons. The van der Waals surface area contributed by atoms with Crippen molar-refractivity contribution in [3.8, 4) is 0 Å². The highest BCUT2D eigenvalue weighted by molar-refractivity contribution is 5.75. The van der Waals surface area contributed by atoms with E-state index in [0.29, 0.717) is 18.7 Å². The molecule has 1 saturated heterocycles. The van der Waals surface area contributed by atoms with Gasteiger partial charge in [0.25, 0.3) is 11.4 Å². The van der Waals surface area contributed by atoms with E-state index >= 15 is 0 Å². The molecule has 1 aromatic rings. The normalized spacial score (nSPS) is 17.5. The lowest BCUT2D eigenvalue weighted by Gasteiger charge is -2.34. The van der Waals surface area contributed by atoms with E-state index in [2.05, 4.69) is 15.1 Å². The monoisotopic (exact) mass is 391 g/mol. The summed E-state index contributed by atoms with van der Waals surface area (Å²) in [6, 6.07) is 0.193. The SMILES string of the molecule is C[C@@H](CN1CCN(C)CC1)Nc1c([N+](=O)[O-])cc(C(F)(F)F)cc1[N+](=O)[O-]. The highest BCUT2D eigenvalue weighted by Gasteiger charge is 2.38. The first kappa shape index (κ1) is 20.8. The summed E-state index contributed by atoms with van der Waals surface area (Å²) in [5, 5.41) is 25.2. The second-order valence-corrected chi connectivity index (χ2v) is 6.55. The lowest BCUT2D eigenvalue weighted by atomic mass is 10.1. The van der Waals surface area contributed by atoms with E-state index in [0.717, 1.165) is 26.2 Å². The summed E-state index contributed by atoms with van der Waals surface area (Å²) in [7, 11) is 1.98. The average Bonchev–Trinajstić information content (AvgIpc) is 2.55. The molecule has 1 aromatic carbocycles. The van der Waals surface area contributed by atoms with Crippen LogP contribution < -0.4 is 5.32 Å². The van der Waals surface area contributed by atoms with Crippen molar-refractivity contribution in [3.05, 3.63) is 37.9 Å². The lowest BCUT2D eigenvalue weighted by molar-refractivity contribution is -0.392. The van der Waals surface area contributed by atoms with Gasteiger partial charge in [-0.1, -0.05) is 0 Å². The molecule has 9 nitrogen and oxygen atoms in total. The number of likely N-dealkylation sites (N-methyl/N-ethyl adjacent to an activating group) is 1. The third-order valence-electron chi connectivity index (χ3n) is 4.34. The number of nitrogens with zero attached hydrogens (tertiary/aromatic N) is 4. The number of rotatable bonds is 6. The molecule has 0 aromatic heterocycles. The van der Waals surface area contributed by atoms with Gasteiger partial charge in [-0.15, -0.1) is 0 Å². The zero-order valence-corrected chi connectivity index (χ0v) is 14.8. The molecule has 0 saturated carbocycles. The van der Waals surface area contributed by atoms with E-state index in [1.54, 1.807) is 6.92 Å². The van der Waals surface area contributed by atoms with E-state index in [-0.39, 0.29) is 0 Å². The van der Waals surface area contributed by atoms with Gasteiger partial charge in [-0.3, -0.25) is 25.1 Å². The van der Waals surface area contributed by atoms with Crippen LogP contribution >= 0.6 is 0 Å². The Hall–Kier alpha value is -2.47. The average molecular weight is 391 g/mol. The smallest absolute Gasteiger partial charge is 0.370 e. The maximum atomic E-state index is 12.9. The molecule has 150 valence electrons. The van der Waals surface area contributed by atoms with Crippen molar-refractivity contribution in [2.75, 3.05) is 45.1 Å². The molecule has 1 N–H and O–H groups in total. The Morgan fingerprint density at radius 3 is 2.00 bits per heavy atom. The molecule has 0 bridgehead atoms. The van der Waals surface area contributed by atoms with E-state index in [1.165, 1.54) is 0 Å². The van der Waals surface area contributed by atoms with Crippen LogP contribution in [-0.4, -0.2) is 65.5 Å². The number of hydrogen-bond donors (Lipinski definition) is 1. The highest BCUT2D eigenvalue weighted by Crippen LogP contribution is 2.41. The number of hydrogen-bond acceptors (Lipinski definition) is 7. The number of piperazine rings is 1. The largest absolute Gasteiger partial charge is 0.416 e. The first-order chi connectivity index (χ1) is 12.5. The summed E-state index contributed by atoms with van der Waals surface area (Å²) in [6.45, 7) is 5.33. The molecule has 1 atom stereocenters. The van der Waals surface area contributed by atoms with Crippen molar-refractivity contribution in [3.63, 3.8) is 0 Å². The summed E-state index contributed by atoms with van der Waals surface area (Å²) >= 11 is 0. The molecule has 12 heteroatoms. The summed E-state index contributed by atoms with van der Waals surface area (Å²) in [5.41, 5.74) is -3.89. The molecule has 0 unspecified atom stereocenters. The number of nitro groups is 2. The molecule has 27 heavy (non-hydrogen) atoms. The second-order valence-electron chi connectivity index (χ2n) is 6.55. The second kappa shape index (κ2) is 8.05. The molecule has 1 aliphatic heterocycles. The Morgan fingerprint density at radius 1 is 1.11 bits per heavy atom. The van der Waals surface area contributed by atoms with Gasteiger partial charge in [0, 0.05) is 50.9 Å². The van der Waals surface area contributed by atoms with Gasteiger partial charge in [0.1, 0.15) is 0 Å². The van der Waals surface area contributed by atoms with E-state index in [9.17, 15) is 33.4 Å². The van der Waals surface area contributed by atoms with Crippen LogP contribution in [0.15, 0.2) is 12.1 Å². The minimum absolute atomic E-state index is 0.317. The van der Waals surface area contributed by atoms with Gasteiger partial charge in [0.2, 0.25) is 0 Å². The first-order valence-corrected chi connectivity index (χ1v) is 8.20. The van der Waals surface area contributed by atoms with Crippen molar-refractivity contribution in [2.45, 2.75) is 19.1 Å². The summed E-state index contributed by atoms with van der Waals surface area (Å²) < 4.78 is 38.8. The maximum absolute atomic E-state index is 12.9. The predicted molar refractivity (Wildman–Crippen MR) is 91.8 cm³/mol. The molecule has 1 aliphatic rings. The fourth-order valence-corrected chi connectivity index (χ4v) is 2.92. The zero-order chi connectivity index (χ0) is 20.4. The Kier molecular flexibility index (Phi) is 6.21. The number of nitrogens with one attached hydrogen (secondary N) is 1. The van der Waals surface area contributed by atoms with Crippen LogP contribution in [-0.2, 0) is 6.18 Å². The summed E-state index contributed by atoms with van der Waals surface area (Å²) in [4.78, 5) is 24.6. The van der Waals surface area contributed by atoms with Crippen LogP contribution in [0.25, 0.3) is 0 Å². The molecular weight excluding hydrogens is 371 g/mol. The number of alkyl halides is 3. The Balaban J connectivity index is 2.30. The summed E-state index contributed by atoms with van der Waals surface area (Å²) in [6.07, 6.45) is -4.93. The third-order valence-corrected chi connectivity index (χ3v) is 4.34. The van der Waals surface area contributed by atoms with Gasteiger partial charge in [-0.25, -0.2) is 0 Å². The van der Waals surface area contributed by atoms with Crippen LogP contribution in [0.3, 0.4) is 0 Å². The third kappa shape index (κ3) is 5.26. The van der Waals surface area contributed by atoms with Crippen molar-refractivity contribution in [1.82, 2.24) is 9.80 Å². The van der Waals surface area contributed by atoms with Crippen LogP contribution in [0.1, 0.15) is 12.5 Å². The fraction of sp³-hybridized carbons (Fsp3) is 0.600. The maximum Gasteiger partial charge on any atom is 0.416 e. The van der Waals surface area contributed by atoms with Crippen molar-refractivity contribution < 1.29 is 23.0 Å². The standard InChI is InChI=1S/C15H20F3N5O4/c1-10(9-21-5-3-20(2)4-6-21)19-14-12(22(24)25)7-11(15(16,17)18)8-13(14)23(26)27/h7-8,10,19H,3-6,9H2,1-2H3/t10-/m0/s1. The van der Waals surface area contributed by atoms with Gasteiger partial charge >= 0.3 is 6.18 Å². The highest BCUT2D eigenvalue weighted by atomic mass is 19.4.